The van der Waals surface area contributed by atoms with Gasteiger partial charge in [-0.2, -0.15) is 5.10 Å². The minimum atomic E-state index is -0.758. The van der Waals surface area contributed by atoms with E-state index in [0.29, 0.717) is 28.7 Å². The van der Waals surface area contributed by atoms with Crippen molar-refractivity contribution in [2.75, 3.05) is 13.7 Å². The Labute approximate surface area is 204 Å². The number of ether oxygens (including phenoxy) is 2. The SMILES string of the molecule is CCCOc1cc([C@@H]2c3c(C)nn(C)c3CC(=O)[C@H]2NC(=O)c2ccc(Cl)cc2)ccc1OC. The van der Waals surface area contributed by atoms with Gasteiger partial charge in [0.25, 0.3) is 5.91 Å². The van der Waals surface area contributed by atoms with Gasteiger partial charge in [0.2, 0.25) is 0 Å². The number of methoxy groups -OCH3 is 1. The first-order valence-electron chi connectivity index (χ1n) is 11.3. The molecule has 3 aromatic rings. The van der Waals surface area contributed by atoms with Gasteiger partial charge in [0.1, 0.15) is 0 Å². The smallest absolute Gasteiger partial charge is 0.251 e. The highest BCUT2D eigenvalue weighted by molar-refractivity contribution is 6.30. The number of aromatic nitrogens is 2. The third-order valence-corrected chi connectivity index (χ3v) is 6.38. The molecule has 178 valence electrons. The number of Topliss-reactive ketones (excluding diaryl/α,β-unsaturated/α-hetero) is 1. The Kier molecular flexibility index (Phi) is 6.93. The fourth-order valence-corrected chi connectivity index (χ4v) is 4.65. The second kappa shape index (κ2) is 9.89. The number of aryl methyl sites for hydroxylation is 2. The third kappa shape index (κ3) is 4.53. The minimum absolute atomic E-state index is 0.0744. The van der Waals surface area contributed by atoms with E-state index in [-0.39, 0.29) is 18.1 Å². The van der Waals surface area contributed by atoms with Crippen LogP contribution in [0.4, 0.5) is 0 Å². The van der Waals surface area contributed by atoms with Crippen molar-refractivity contribution in [1.29, 1.82) is 0 Å². The Morgan fingerprint density at radius 3 is 2.62 bits per heavy atom. The lowest BCUT2D eigenvalue weighted by molar-refractivity contribution is -0.121. The number of fused-ring (bicyclic) bond motifs is 1. The second-order valence-corrected chi connectivity index (χ2v) is 8.84. The number of nitrogens with zero attached hydrogens (tertiary/aromatic N) is 2. The number of benzene rings is 2. The number of hydrogen-bond donors (Lipinski definition) is 1. The molecule has 0 saturated heterocycles. The van der Waals surface area contributed by atoms with Crippen molar-refractivity contribution in [3.05, 3.63) is 75.6 Å². The molecule has 0 radical (unpaired) electrons. The molecule has 7 nitrogen and oxygen atoms in total. The molecule has 8 heteroatoms. The summed E-state index contributed by atoms with van der Waals surface area (Å²) in [4.78, 5) is 26.5. The fraction of sp³-hybridized carbons (Fsp3) is 0.346. The molecule has 0 aliphatic heterocycles. The number of ketones is 1. The zero-order chi connectivity index (χ0) is 24.4. The van der Waals surface area contributed by atoms with Gasteiger partial charge < -0.3 is 14.8 Å². The molecule has 0 fully saturated rings. The molecule has 4 rings (SSSR count). The molecule has 1 heterocycles. The van der Waals surface area contributed by atoms with Crippen molar-refractivity contribution in [2.24, 2.45) is 7.05 Å². The maximum absolute atomic E-state index is 13.4. The number of nitrogens with one attached hydrogen (secondary N) is 1. The summed E-state index contributed by atoms with van der Waals surface area (Å²) in [6, 6.07) is 11.5. The molecule has 1 N–H and O–H groups in total. The van der Waals surface area contributed by atoms with E-state index in [2.05, 4.69) is 10.4 Å². The van der Waals surface area contributed by atoms with Crippen molar-refractivity contribution in [2.45, 2.75) is 38.6 Å². The highest BCUT2D eigenvalue weighted by atomic mass is 35.5. The third-order valence-electron chi connectivity index (χ3n) is 6.13. The van der Waals surface area contributed by atoms with Crippen LogP contribution in [0.25, 0.3) is 0 Å². The highest BCUT2D eigenvalue weighted by Crippen LogP contribution is 2.40. The lowest BCUT2D eigenvalue weighted by atomic mass is 9.76. The number of carbonyl (C=O) groups excluding carboxylic acids is 2. The first kappa shape index (κ1) is 23.8. The van der Waals surface area contributed by atoms with Gasteiger partial charge in [-0.05, 0) is 55.3 Å². The van der Waals surface area contributed by atoms with Crippen LogP contribution in [0.15, 0.2) is 42.5 Å². The molecular formula is C26H28ClN3O4. The molecule has 1 aromatic heterocycles. The molecule has 0 unspecified atom stereocenters. The van der Waals surface area contributed by atoms with Gasteiger partial charge in [-0.1, -0.05) is 24.6 Å². The molecular weight excluding hydrogens is 454 g/mol. The summed E-state index contributed by atoms with van der Waals surface area (Å²) in [7, 11) is 3.43. The van der Waals surface area contributed by atoms with Crippen LogP contribution in [0, 0.1) is 6.92 Å². The predicted octanol–water partition coefficient (Wildman–Crippen LogP) is 4.24. The highest BCUT2D eigenvalue weighted by Gasteiger charge is 2.41. The first-order valence-corrected chi connectivity index (χ1v) is 11.6. The molecule has 1 aliphatic rings. The van der Waals surface area contributed by atoms with Crippen molar-refractivity contribution in [1.82, 2.24) is 15.1 Å². The minimum Gasteiger partial charge on any atom is -0.493 e. The number of amides is 1. The van der Waals surface area contributed by atoms with Crippen LogP contribution in [0.5, 0.6) is 11.5 Å². The molecule has 0 saturated carbocycles. The lowest BCUT2D eigenvalue weighted by Gasteiger charge is -2.32. The van der Waals surface area contributed by atoms with E-state index in [1.807, 2.05) is 39.1 Å². The molecule has 1 aliphatic carbocycles. The Bertz CT molecular complexity index is 1220. The average Bonchev–Trinajstić information content (AvgIpc) is 3.10. The van der Waals surface area contributed by atoms with Gasteiger partial charge in [-0.3, -0.25) is 14.3 Å². The van der Waals surface area contributed by atoms with Gasteiger partial charge in [0.15, 0.2) is 17.3 Å². The van der Waals surface area contributed by atoms with E-state index < -0.39 is 12.0 Å². The zero-order valence-electron chi connectivity index (χ0n) is 19.7. The maximum Gasteiger partial charge on any atom is 0.251 e. The summed E-state index contributed by atoms with van der Waals surface area (Å²) in [5, 5.41) is 8.09. The molecule has 0 bridgehead atoms. The lowest BCUT2D eigenvalue weighted by Crippen LogP contribution is -2.48. The van der Waals surface area contributed by atoms with Crippen LogP contribution in [0.1, 0.15) is 52.1 Å². The van der Waals surface area contributed by atoms with Crippen molar-refractivity contribution >= 4 is 23.3 Å². The fourth-order valence-electron chi connectivity index (χ4n) is 4.52. The van der Waals surface area contributed by atoms with E-state index in [0.717, 1.165) is 28.9 Å². The Hall–Kier alpha value is -3.32. The van der Waals surface area contributed by atoms with E-state index in [9.17, 15) is 9.59 Å². The Morgan fingerprint density at radius 2 is 1.94 bits per heavy atom. The monoisotopic (exact) mass is 481 g/mol. The van der Waals surface area contributed by atoms with Crippen LogP contribution >= 0.6 is 11.6 Å². The van der Waals surface area contributed by atoms with Crippen LogP contribution < -0.4 is 14.8 Å². The summed E-state index contributed by atoms with van der Waals surface area (Å²) in [5.74, 6) is 0.390. The number of halogens is 1. The van der Waals surface area contributed by atoms with E-state index in [1.165, 1.54) is 0 Å². The van der Waals surface area contributed by atoms with Gasteiger partial charge in [0.05, 0.1) is 31.9 Å². The summed E-state index contributed by atoms with van der Waals surface area (Å²) >= 11 is 5.97. The summed E-state index contributed by atoms with van der Waals surface area (Å²) in [6.45, 7) is 4.50. The molecule has 0 spiro atoms. The summed E-state index contributed by atoms with van der Waals surface area (Å²) in [5.41, 5.74) is 3.92. The van der Waals surface area contributed by atoms with Crippen molar-refractivity contribution in [3.8, 4) is 11.5 Å². The average molecular weight is 482 g/mol. The zero-order valence-corrected chi connectivity index (χ0v) is 20.5. The van der Waals surface area contributed by atoms with E-state index >= 15 is 0 Å². The van der Waals surface area contributed by atoms with Gasteiger partial charge >= 0.3 is 0 Å². The maximum atomic E-state index is 13.4. The topological polar surface area (TPSA) is 82.5 Å². The first-order chi connectivity index (χ1) is 16.3. The second-order valence-electron chi connectivity index (χ2n) is 8.41. The van der Waals surface area contributed by atoms with Crippen LogP contribution in [-0.2, 0) is 18.3 Å². The molecule has 34 heavy (non-hydrogen) atoms. The van der Waals surface area contributed by atoms with Crippen molar-refractivity contribution < 1.29 is 19.1 Å². The normalized spacial score (nSPS) is 17.3. The van der Waals surface area contributed by atoms with Crippen LogP contribution in [-0.4, -0.2) is 41.2 Å². The summed E-state index contributed by atoms with van der Waals surface area (Å²) < 4.78 is 13.2. The van der Waals surface area contributed by atoms with Crippen LogP contribution in [0.3, 0.4) is 0 Å². The largest absolute Gasteiger partial charge is 0.493 e. The van der Waals surface area contributed by atoms with E-state index in [4.69, 9.17) is 21.1 Å². The van der Waals surface area contributed by atoms with E-state index in [1.54, 1.807) is 36.1 Å². The number of rotatable bonds is 7. The van der Waals surface area contributed by atoms with Gasteiger partial charge in [-0.25, -0.2) is 0 Å². The quantitative estimate of drug-likeness (QED) is 0.546. The number of hydrogen-bond acceptors (Lipinski definition) is 5. The van der Waals surface area contributed by atoms with Crippen LogP contribution in [0.2, 0.25) is 5.02 Å². The Balaban J connectivity index is 1.79. The standard InChI is InChI=1S/C26H28ClN3O4/c1-5-12-34-22-13-17(8-11-21(22)33-4)24-23-15(2)29-30(3)19(23)14-20(31)25(24)28-26(32)16-6-9-18(27)10-7-16/h6-11,13,24-25H,5,12,14H2,1-4H3,(H,28,32)/t24-,25-/m1/s1. The molecule has 2 aromatic carbocycles. The predicted molar refractivity (Wildman–Crippen MR) is 130 cm³/mol. The molecule has 1 amide bonds. The van der Waals surface area contributed by atoms with Gasteiger partial charge in [-0.15, -0.1) is 0 Å². The van der Waals surface area contributed by atoms with Crippen molar-refractivity contribution in [3.63, 3.8) is 0 Å². The Morgan fingerprint density at radius 1 is 1.21 bits per heavy atom. The van der Waals surface area contributed by atoms with Gasteiger partial charge in [0, 0.05) is 34.8 Å². The summed E-state index contributed by atoms with van der Waals surface area (Å²) in [6.07, 6.45) is 1.05. The molecule has 2 atom stereocenters. The number of carbonyl (C=O) groups is 2.